The Morgan fingerprint density at radius 3 is 1.60 bits per heavy atom. The van der Waals surface area contributed by atoms with Gasteiger partial charge in [0.05, 0.1) is 6.10 Å². The van der Waals surface area contributed by atoms with Gasteiger partial charge < -0.3 is 5.11 Å². The van der Waals surface area contributed by atoms with E-state index < -0.39 is 0 Å². The molecule has 0 unspecified atom stereocenters. The Morgan fingerprint density at radius 1 is 0.850 bits per heavy atom. The van der Waals surface area contributed by atoms with Gasteiger partial charge in [0.2, 0.25) is 0 Å². The SMILES string of the molecule is CC(C)(C)[C@H](O)CN(C1CCCCC1)C1CCCCC1. The van der Waals surface area contributed by atoms with E-state index in [0.29, 0.717) is 0 Å². The molecule has 1 atom stereocenters. The van der Waals surface area contributed by atoms with Crippen molar-refractivity contribution in [3.63, 3.8) is 0 Å². The highest BCUT2D eigenvalue weighted by Gasteiger charge is 2.33. The summed E-state index contributed by atoms with van der Waals surface area (Å²) in [5.41, 5.74) is 0.00157. The molecule has 0 saturated heterocycles. The van der Waals surface area contributed by atoms with Crippen LogP contribution in [-0.4, -0.2) is 34.7 Å². The van der Waals surface area contributed by atoms with Crippen molar-refractivity contribution >= 4 is 0 Å². The number of nitrogens with zero attached hydrogens (tertiary/aromatic N) is 1. The van der Waals surface area contributed by atoms with Gasteiger partial charge in [-0.25, -0.2) is 0 Å². The Bertz CT molecular complexity index is 254. The zero-order valence-electron chi connectivity index (χ0n) is 13.9. The average molecular weight is 281 g/mol. The number of hydrogen-bond acceptors (Lipinski definition) is 2. The Balaban J connectivity index is 2.02. The topological polar surface area (TPSA) is 23.5 Å². The molecule has 0 spiro atoms. The van der Waals surface area contributed by atoms with Gasteiger partial charge in [0.25, 0.3) is 0 Å². The smallest absolute Gasteiger partial charge is 0.0715 e. The average Bonchev–Trinajstić information content (AvgIpc) is 2.45. The van der Waals surface area contributed by atoms with Crippen molar-refractivity contribution in [2.24, 2.45) is 5.41 Å². The largest absolute Gasteiger partial charge is 0.391 e. The maximum atomic E-state index is 10.6. The molecule has 2 saturated carbocycles. The quantitative estimate of drug-likeness (QED) is 0.827. The van der Waals surface area contributed by atoms with E-state index in [1.165, 1.54) is 64.2 Å². The molecule has 0 aromatic rings. The first-order chi connectivity index (χ1) is 9.48. The molecule has 0 aromatic heterocycles. The molecule has 2 nitrogen and oxygen atoms in total. The molecule has 2 fully saturated rings. The van der Waals surface area contributed by atoms with Crippen LogP contribution < -0.4 is 0 Å². The minimum Gasteiger partial charge on any atom is -0.391 e. The summed E-state index contributed by atoms with van der Waals surface area (Å²) in [6.45, 7) is 7.38. The lowest BCUT2D eigenvalue weighted by Crippen LogP contribution is -2.50. The number of hydrogen-bond donors (Lipinski definition) is 1. The van der Waals surface area contributed by atoms with Crippen molar-refractivity contribution in [1.82, 2.24) is 4.90 Å². The molecule has 20 heavy (non-hydrogen) atoms. The molecule has 2 aliphatic rings. The van der Waals surface area contributed by atoms with Crippen LogP contribution in [0.15, 0.2) is 0 Å². The monoisotopic (exact) mass is 281 g/mol. The van der Waals surface area contributed by atoms with Gasteiger partial charge >= 0.3 is 0 Å². The van der Waals surface area contributed by atoms with Gasteiger partial charge in [-0.2, -0.15) is 0 Å². The van der Waals surface area contributed by atoms with Crippen LogP contribution in [0, 0.1) is 5.41 Å². The molecule has 2 heteroatoms. The molecule has 2 aliphatic carbocycles. The fourth-order valence-electron chi connectivity index (χ4n) is 3.90. The Kier molecular flexibility index (Phi) is 5.92. The van der Waals surface area contributed by atoms with Crippen LogP contribution in [0.2, 0.25) is 0 Å². The summed E-state index contributed by atoms with van der Waals surface area (Å²) in [6, 6.07) is 1.48. The van der Waals surface area contributed by atoms with Gasteiger partial charge in [0.15, 0.2) is 0 Å². The van der Waals surface area contributed by atoms with Gasteiger partial charge in [-0.1, -0.05) is 59.3 Å². The zero-order valence-corrected chi connectivity index (χ0v) is 13.9. The van der Waals surface area contributed by atoms with Crippen LogP contribution >= 0.6 is 0 Å². The highest BCUT2D eigenvalue weighted by molar-refractivity contribution is 4.87. The van der Waals surface area contributed by atoms with Gasteiger partial charge in [-0.3, -0.25) is 4.90 Å². The molecule has 1 N–H and O–H groups in total. The molecular weight excluding hydrogens is 246 g/mol. The van der Waals surface area contributed by atoms with E-state index in [1.807, 2.05) is 0 Å². The van der Waals surface area contributed by atoms with Gasteiger partial charge in [-0.05, 0) is 31.1 Å². The summed E-state index contributed by atoms with van der Waals surface area (Å²) in [5.74, 6) is 0. The van der Waals surface area contributed by atoms with E-state index in [2.05, 4.69) is 25.7 Å². The van der Waals surface area contributed by atoms with Gasteiger partial charge in [-0.15, -0.1) is 0 Å². The second-order valence-electron chi connectivity index (χ2n) is 8.16. The van der Waals surface area contributed by atoms with Crippen LogP contribution in [0.25, 0.3) is 0 Å². The third kappa shape index (κ3) is 4.46. The first-order valence-electron chi connectivity index (χ1n) is 8.92. The summed E-state index contributed by atoms with van der Waals surface area (Å²) in [7, 11) is 0. The van der Waals surface area contributed by atoms with Crippen molar-refractivity contribution in [2.75, 3.05) is 6.54 Å². The number of aliphatic hydroxyl groups excluding tert-OH is 1. The lowest BCUT2D eigenvalue weighted by atomic mass is 9.85. The highest BCUT2D eigenvalue weighted by atomic mass is 16.3. The van der Waals surface area contributed by atoms with Crippen molar-refractivity contribution < 1.29 is 5.11 Å². The van der Waals surface area contributed by atoms with E-state index in [-0.39, 0.29) is 11.5 Å². The second kappa shape index (κ2) is 7.26. The molecular formula is C18H35NO. The molecule has 0 heterocycles. The molecule has 0 aromatic carbocycles. The standard InChI is InChI=1S/C18H35NO/c1-18(2,3)17(20)14-19(15-10-6-4-7-11-15)16-12-8-5-9-13-16/h15-17,20H,4-14H2,1-3H3/t17-/m1/s1. The predicted octanol–water partition coefficient (Wildman–Crippen LogP) is 4.36. The molecule has 0 aliphatic heterocycles. The second-order valence-corrected chi connectivity index (χ2v) is 8.16. The normalized spacial score (nSPS) is 25.1. The minimum atomic E-state index is -0.202. The third-order valence-corrected chi connectivity index (χ3v) is 5.47. The van der Waals surface area contributed by atoms with Crippen molar-refractivity contribution in [1.29, 1.82) is 0 Å². The van der Waals surface area contributed by atoms with Crippen LogP contribution in [0.3, 0.4) is 0 Å². The number of aliphatic hydroxyl groups is 1. The van der Waals surface area contributed by atoms with Crippen LogP contribution in [-0.2, 0) is 0 Å². The van der Waals surface area contributed by atoms with Crippen LogP contribution in [0.5, 0.6) is 0 Å². The van der Waals surface area contributed by atoms with Gasteiger partial charge in [0.1, 0.15) is 0 Å². The summed E-state index contributed by atoms with van der Waals surface area (Å²) < 4.78 is 0. The van der Waals surface area contributed by atoms with E-state index in [4.69, 9.17) is 0 Å². The van der Waals surface area contributed by atoms with Crippen LogP contribution in [0.4, 0.5) is 0 Å². The molecule has 0 radical (unpaired) electrons. The van der Waals surface area contributed by atoms with Crippen molar-refractivity contribution in [3.05, 3.63) is 0 Å². The van der Waals surface area contributed by atoms with E-state index in [0.717, 1.165) is 18.6 Å². The first-order valence-corrected chi connectivity index (χ1v) is 8.92. The Labute approximate surface area is 125 Å². The van der Waals surface area contributed by atoms with Gasteiger partial charge in [0, 0.05) is 18.6 Å². The molecule has 0 bridgehead atoms. The summed E-state index contributed by atoms with van der Waals surface area (Å²) in [5, 5.41) is 10.6. The first kappa shape index (κ1) is 16.3. The predicted molar refractivity (Wildman–Crippen MR) is 85.9 cm³/mol. The highest BCUT2D eigenvalue weighted by Crippen LogP contribution is 2.32. The maximum Gasteiger partial charge on any atom is 0.0715 e. The molecule has 2 rings (SSSR count). The van der Waals surface area contributed by atoms with E-state index in [9.17, 15) is 5.11 Å². The summed E-state index contributed by atoms with van der Waals surface area (Å²) in [6.07, 6.45) is 13.6. The third-order valence-electron chi connectivity index (χ3n) is 5.47. The fourth-order valence-corrected chi connectivity index (χ4v) is 3.90. The summed E-state index contributed by atoms with van der Waals surface area (Å²) >= 11 is 0. The van der Waals surface area contributed by atoms with Crippen LogP contribution in [0.1, 0.15) is 85.0 Å². The fraction of sp³-hybridized carbons (Fsp3) is 1.00. The lowest BCUT2D eigenvalue weighted by Gasteiger charge is -2.44. The summed E-state index contributed by atoms with van der Waals surface area (Å²) in [4.78, 5) is 2.72. The molecule has 118 valence electrons. The Hall–Kier alpha value is -0.0800. The zero-order chi connectivity index (χ0) is 14.6. The molecule has 0 amide bonds. The van der Waals surface area contributed by atoms with E-state index >= 15 is 0 Å². The maximum absolute atomic E-state index is 10.6. The van der Waals surface area contributed by atoms with Crippen molar-refractivity contribution in [3.8, 4) is 0 Å². The van der Waals surface area contributed by atoms with Crippen molar-refractivity contribution in [2.45, 2.75) is 103 Å². The number of rotatable bonds is 4. The lowest BCUT2D eigenvalue weighted by molar-refractivity contribution is -0.0145. The van der Waals surface area contributed by atoms with E-state index in [1.54, 1.807) is 0 Å². The minimum absolute atomic E-state index is 0.00157. The Morgan fingerprint density at radius 2 is 1.25 bits per heavy atom.